The molecule has 4 nitrogen and oxygen atoms in total. The number of aromatic nitrogens is 1. The van der Waals surface area contributed by atoms with Gasteiger partial charge in [-0.25, -0.2) is 9.37 Å². The lowest BCUT2D eigenvalue weighted by Crippen LogP contribution is -2.27. The van der Waals surface area contributed by atoms with Crippen molar-refractivity contribution in [3.8, 4) is 0 Å². The third-order valence-corrected chi connectivity index (χ3v) is 4.08. The molecule has 1 aromatic heterocycles. The lowest BCUT2D eigenvalue weighted by atomic mass is 10.3. The van der Waals surface area contributed by atoms with E-state index in [1.165, 1.54) is 30.4 Å². The summed E-state index contributed by atoms with van der Waals surface area (Å²) in [5.74, 6) is -0.408. The van der Waals surface area contributed by atoms with Gasteiger partial charge < -0.3 is 5.32 Å². The maximum absolute atomic E-state index is 13.0. The molecule has 0 radical (unpaired) electrons. The largest absolute Gasteiger partial charge is 0.378 e. The van der Waals surface area contributed by atoms with Gasteiger partial charge >= 0.3 is 0 Å². The Balaban J connectivity index is 2.04. The van der Waals surface area contributed by atoms with E-state index in [0.717, 1.165) is 5.69 Å². The number of amides is 1. The van der Waals surface area contributed by atoms with Crippen LogP contribution in [0.25, 0.3) is 0 Å². The van der Waals surface area contributed by atoms with Crippen LogP contribution >= 0.6 is 22.9 Å². The van der Waals surface area contributed by atoms with Crippen LogP contribution in [-0.4, -0.2) is 17.4 Å². The molecule has 1 N–H and O–H groups in total. The topological polar surface area (TPSA) is 45.2 Å². The van der Waals surface area contributed by atoms with Crippen molar-refractivity contribution in [1.82, 2.24) is 4.98 Å². The van der Waals surface area contributed by atoms with Crippen LogP contribution in [0.2, 0.25) is 5.02 Å². The van der Waals surface area contributed by atoms with E-state index in [4.69, 9.17) is 11.6 Å². The molecular formula is C14H15ClFN3OS. The van der Waals surface area contributed by atoms with Gasteiger partial charge in [0.2, 0.25) is 5.91 Å². The highest BCUT2D eigenvalue weighted by molar-refractivity contribution is 7.14. The Hall–Kier alpha value is -1.66. The molecule has 2 aromatic rings. The van der Waals surface area contributed by atoms with Gasteiger partial charge in [-0.2, -0.15) is 0 Å². The third kappa shape index (κ3) is 3.92. The Morgan fingerprint density at radius 1 is 1.52 bits per heavy atom. The maximum Gasteiger partial charge on any atom is 0.225 e. The standard InChI is InChI=1S/C14H15ClFN3OS/c1-3-19(9(2)20)14-18-11(8-21-14)7-17-13-5-4-10(16)6-12(13)15/h4-6,8,17H,3,7H2,1-2H3. The van der Waals surface area contributed by atoms with Crippen LogP contribution in [0.4, 0.5) is 15.2 Å². The summed E-state index contributed by atoms with van der Waals surface area (Å²) in [5, 5.41) is 5.98. The molecule has 1 aromatic carbocycles. The van der Waals surface area contributed by atoms with Crippen LogP contribution in [0.15, 0.2) is 23.6 Å². The van der Waals surface area contributed by atoms with E-state index in [9.17, 15) is 9.18 Å². The smallest absolute Gasteiger partial charge is 0.225 e. The molecule has 0 bridgehead atoms. The zero-order chi connectivity index (χ0) is 15.4. The number of hydrogen-bond acceptors (Lipinski definition) is 4. The van der Waals surface area contributed by atoms with E-state index < -0.39 is 0 Å². The highest BCUT2D eigenvalue weighted by Gasteiger charge is 2.13. The van der Waals surface area contributed by atoms with E-state index in [0.29, 0.717) is 28.9 Å². The Labute approximate surface area is 131 Å². The van der Waals surface area contributed by atoms with Gasteiger partial charge in [0, 0.05) is 18.8 Å². The van der Waals surface area contributed by atoms with E-state index in [2.05, 4.69) is 10.3 Å². The second-order valence-corrected chi connectivity index (χ2v) is 5.61. The van der Waals surface area contributed by atoms with Gasteiger partial charge in [-0.15, -0.1) is 11.3 Å². The van der Waals surface area contributed by atoms with Crippen molar-refractivity contribution in [3.63, 3.8) is 0 Å². The molecule has 0 spiro atoms. The number of rotatable bonds is 5. The molecule has 0 unspecified atom stereocenters. The van der Waals surface area contributed by atoms with Crippen LogP contribution in [0, 0.1) is 5.82 Å². The number of anilines is 2. The zero-order valence-electron chi connectivity index (χ0n) is 11.7. The molecule has 112 valence electrons. The first kappa shape index (κ1) is 15.7. The van der Waals surface area contributed by atoms with E-state index >= 15 is 0 Å². The lowest BCUT2D eigenvalue weighted by molar-refractivity contribution is -0.116. The Kier molecular flexibility index (Phi) is 5.14. The average molecular weight is 328 g/mol. The highest BCUT2D eigenvalue weighted by Crippen LogP contribution is 2.24. The van der Waals surface area contributed by atoms with E-state index in [1.54, 1.807) is 11.0 Å². The van der Waals surface area contributed by atoms with E-state index in [1.807, 2.05) is 12.3 Å². The molecule has 0 aliphatic heterocycles. The third-order valence-electron chi connectivity index (χ3n) is 2.86. The van der Waals surface area contributed by atoms with Crippen LogP contribution in [0.1, 0.15) is 19.5 Å². The number of hydrogen-bond donors (Lipinski definition) is 1. The van der Waals surface area contributed by atoms with Crippen LogP contribution in [0.3, 0.4) is 0 Å². The monoisotopic (exact) mass is 327 g/mol. The number of carbonyl (C=O) groups is 1. The lowest BCUT2D eigenvalue weighted by Gasteiger charge is -2.14. The van der Waals surface area contributed by atoms with Gasteiger partial charge in [-0.05, 0) is 25.1 Å². The number of nitrogens with zero attached hydrogens (tertiary/aromatic N) is 2. The van der Waals surface area contributed by atoms with Gasteiger partial charge in [0.25, 0.3) is 0 Å². The van der Waals surface area contributed by atoms with Crippen molar-refractivity contribution in [2.24, 2.45) is 0 Å². The first-order chi connectivity index (χ1) is 10.0. The number of halogens is 2. The molecular weight excluding hydrogens is 313 g/mol. The Morgan fingerprint density at radius 3 is 2.90 bits per heavy atom. The first-order valence-corrected chi connectivity index (χ1v) is 7.68. The zero-order valence-corrected chi connectivity index (χ0v) is 13.3. The van der Waals surface area contributed by atoms with Crippen molar-refractivity contribution >= 4 is 39.7 Å². The van der Waals surface area contributed by atoms with Gasteiger partial charge in [0.15, 0.2) is 5.13 Å². The summed E-state index contributed by atoms with van der Waals surface area (Å²) in [7, 11) is 0. The minimum Gasteiger partial charge on any atom is -0.378 e. The minimum absolute atomic E-state index is 0.0343. The van der Waals surface area contributed by atoms with Gasteiger partial charge in [-0.1, -0.05) is 11.6 Å². The fraction of sp³-hybridized carbons (Fsp3) is 0.286. The molecule has 0 aliphatic rings. The van der Waals surface area contributed by atoms with Gasteiger partial charge in [-0.3, -0.25) is 9.69 Å². The summed E-state index contributed by atoms with van der Waals surface area (Å²) < 4.78 is 13.0. The van der Waals surface area contributed by atoms with Gasteiger partial charge in [0.1, 0.15) is 5.82 Å². The maximum atomic E-state index is 13.0. The number of nitrogens with one attached hydrogen (secondary N) is 1. The van der Waals surface area contributed by atoms with Crippen molar-refractivity contribution in [2.45, 2.75) is 20.4 Å². The van der Waals surface area contributed by atoms with Crippen LogP contribution < -0.4 is 10.2 Å². The first-order valence-electron chi connectivity index (χ1n) is 6.42. The summed E-state index contributed by atoms with van der Waals surface area (Å²) in [6.45, 7) is 4.46. The Bertz CT molecular complexity index is 647. The Morgan fingerprint density at radius 2 is 2.29 bits per heavy atom. The van der Waals surface area contributed by atoms with Crippen LogP contribution in [-0.2, 0) is 11.3 Å². The highest BCUT2D eigenvalue weighted by atomic mass is 35.5. The average Bonchev–Trinajstić information content (AvgIpc) is 2.87. The normalized spacial score (nSPS) is 10.5. The second-order valence-electron chi connectivity index (χ2n) is 4.36. The molecule has 0 fully saturated rings. The summed E-state index contributed by atoms with van der Waals surface area (Å²) in [4.78, 5) is 17.5. The summed E-state index contributed by atoms with van der Waals surface area (Å²) in [6.07, 6.45) is 0. The molecule has 1 amide bonds. The molecule has 0 saturated heterocycles. The van der Waals surface area contributed by atoms with Crippen molar-refractivity contribution in [2.75, 3.05) is 16.8 Å². The molecule has 2 rings (SSSR count). The fourth-order valence-corrected chi connectivity index (χ4v) is 2.98. The number of carbonyl (C=O) groups excluding carboxylic acids is 1. The molecule has 0 saturated carbocycles. The summed E-state index contributed by atoms with van der Waals surface area (Å²) in [5.41, 5.74) is 1.45. The summed E-state index contributed by atoms with van der Waals surface area (Å²) in [6, 6.07) is 4.18. The SMILES string of the molecule is CCN(C(C)=O)c1nc(CNc2ccc(F)cc2Cl)cs1. The fourth-order valence-electron chi connectivity index (χ4n) is 1.81. The quantitative estimate of drug-likeness (QED) is 0.905. The minimum atomic E-state index is -0.374. The predicted molar refractivity (Wildman–Crippen MR) is 84.6 cm³/mol. The summed E-state index contributed by atoms with van der Waals surface area (Å²) >= 11 is 7.36. The number of thiazole rings is 1. The molecule has 1 heterocycles. The number of benzene rings is 1. The molecule has 0 atom stereocenters. The van der Waals surface area contributed by atoms with Crippen molar-refractivity contribution in [3.05, 3.63) is 40.1 Å². The van der Waals surface area contributed by atoms with E-state index in [-0.39, 0.29) is 11.7 Å². The molecule has 21 heavy (non-hydrogen) atoms. The molecule has 7 heteroatoms. The van der Waals surface area contributed by atoms with Crippen LogP contribution in [0.5, 0.6) is 0 Å². The predicted octanol–water partition coefficient (Wildman–Crippen LogP) is 3.92. The molecule has 0 aliphatic carbocycles. The van der Waals surface area contributed by atoms with Gasteiger partial charge in [0.05, 0.1) is 22.9 Å². The second kappa shape index (κ2) is 6.87. The van der Waals surface area contributed by atoms with Crippen molar-refractivity contribution < 1.29 is 9.18 Å². The van der Waals surface area contributed by atoms with Crippen molar-refractivity contribution in [1.29, 1.82) is 0 Å².